The molecule has 8 heterocycles. The number of hydrogen-bond acceptors (Lipinski definition) is 25. The number of carboxylic acid groups (broad SMARTS) is 1. The predicted octanol–water partition coefficient (Wildman–Crippen LogP) is 13.3. The van der Waals surface area contributed by atoms with Crippen LogP contribution in [0.4, 0.5) is 78.0 Å². The Balaban J connectivity index is 0.000000168. The summed E-state index contributed by atoms with van der Waals surface area (Å²) < 4.78 is 177. The molecule has 4 fully saturated rings. The van der Waals surface area contributed by atoms with Crippen LogP contribution < -0.4 is 70.5 Å². The van der Waals surface area contributed by atoms with Gasteiger partial charge in [0.1, 0.15) is 51.3 Å². The van der Waals surface area contributed by atoms with Crippen molar-refractivity contribution in [3.8, 4) is 91.0 Å². The summed E-state index contributed by atoms with van der Waals surface area (Å²) in [5.74, 6) is -13.1. The number of nitrogens with zero attached hydrogens (tertiary/aromatic N) is 12. The standard InChI is InChI=1S/C26H20F3N5O3.C21H18F2N4O4.C20H15F2N4O3.C15H12F2N4O.C6H6FN.C6H8O4.Li.H2O/c1-34-14-15(13-31-34)21-10-18(6-9-30-21)37-23-12-19(28)22(11-20(23)29)33-25(36)26(7-8-26)24(35)32-17-4-2-16(27)3-5-17;1-27-11-12(10-25-27)16-7-13(3-6-24-16)31-18-9-14(22)17(8-15(18)23)26-19(28)21(4-5-21)20(29)30-2;1-26-10-12(9-24-26)16-6-13(2-5-23-16)29-18-8-14(21)17(7-15(18)22)25-19(28)20(11-27)3-4-20;1-21-8-9(7-20-21)14-4-10(2-3-19-14)22-15-6-11(16)13(18)5-12(15)17;7-5-1-3-6(8)4-2-5;1-10-5(9)6(2-3-6)4(7)8;;/h2-6,9-14H,7-8H2,1H3,(H,32,35)(H,33,36);3,6-11H,4-5H2,1-2H3,(H,26,28);2,5-10H,3-4H2,1H3,(H,25,28);2-8H,18H2,1H3;1-4H,8H2;2-3H2,1H3,(H,7,8);;1H2/q;;-1;;;;+1;/p-1. The first-order chi connectivity index (χ1) is 65.4. The van der Waals surface area contributed by atoms with Crippen LogP contribution in [0.1, 0.15) is 51.4 Å². The molecule has 0 saturated heterocycles. The van der Waals surface area contributed by atoms with E-state index in [2.05, 4.69) is 71.1 Å². The summed E-state index contributed by atoms with van der Waals surface area (Å²) in [5, 5.41) is 34.1. The van der Waals surface area contributed by atoms with E-state index in [0.29, 0.717) is 65.6 Å². The Morgan fingerprint density at radius 1 is 0.374 bits per heavy atom. The van der Waals surface area contributed by atoms with E-state index in [0.717, 1.165) is 70.8 Å². The van der Waals surface area contributed by atoms with Gasteiger partial charge in [-0.1, -0.05) is 12.8 Å². The molecular weight excluding hydrogens is 1830 g/mol. The molecule has 0 unspecified atom stereocenters. The summed E-state index contributed by atoms with van der Waals surface area (Å²) in [6.07, 6.45) is 23.7. The minimum Gasteiger partial charge on any atom is -0.870 e. The number of rotatable bonds is 24. The normalized spacial score (nSPS) is 13.4. The molecule has 18 rings (SSSR count). The fraction of sp³-hybridized carbons (Fsp3) is 0.191. The molecule has 34 nitrogen and oxygen atoms in total. The first-order valence-electron chi connectivity index (χ1n) is 41.0. The van der Waals surface area contributed by atoms with Crippen molar-refractivity contribution in [2.45, 2.75) is 51.4 Å². The van der Waals surface area contributed by atoms with Crippen molar-refractivity contribution in [1.82, 2.24) is 59.1 Å². The van der Waals surface area contributed by atoms with Gasteiger partial charge in [0.2, 0.25) is 23.6 Å². The third-order valence-corrected chi connectivity index (χ3v) is 21.2. The van der Waals surface area contributed by atoms with Crippen molar-refractivity contribution in [1.29, 1.82) is 0 Å². The summed E-state index contributed by atoms with van der Waals surface area (Å²) in [5.41, 5.74) is 10.0. The maximum atomic E-state index is 14.8. The summed E-state index contributed by atoms with van der Waals surface area (Å²) in [4.78, 5) is 111. The zero-order chi connectivity index (χ0) is 98.4. The number of ether oxygens (including phenoxy) is 6. The number of pyridine rings is 4. The van der Waals surface area contributed by atoms with E-state index < -0.39 is 133 Å². The Morgan fingerprint density at radius 3 is 0.950 bits per heavy atom. The first kappa shape index (κ1) is 103. The zero-order valence-electron chi connectivity index (χ0n) is 74.4. The third kappa shape index (κ3) is 25.5. The Labute approximate surface area is 794 Å². The second kappa shape index (κ2) is 44.2. The van der Waals surface area contributed by atoms with E-state index in [4.69, 9.17) is 35.5 Å². The molecule has 0 spiro atoms. The van der Waals surface area contributed by atoms with Gasteiger partial charge in [-0.25, -0.2) is 50.2 Å². The van der Waals surface area contributed by atoms with Crippen molar-refractivity contribution in [2.24, 2.45) is 49.9 Å². The molecule has 714 valence electrons. The maximum Gasteiger partial charge on any atom is 1.00 e. The van der Waals surface area contributed by atoms with Crippen molar-refractivity contribution in [2.75, 3.05) is 47.0 Å². The molecule has 0 aliphatic heterocycles. The summed E-state index contributed by atoms with van der Waals surface area (Å²) >= 11 is 0. The smallest absolute Gasteiger partial charge is 0.870 e. The number of nitrogen functional groups attached to an aromatic ring is 2. The number of benzene rings is 6. The molecule has 14 aromatic rings. The zero-order valence-corrected chi connectivity index (χ0v) is 74.4. The number of methoxy groups -OCH3 is 2. The minimum absolute atomic E-state index is 0. The van der Waals surface area contributed by atoms with Gasteiger partial charge >= 0.3 is 36.8 Å². The van der Waals surface area contributed by atoms with Gasteiger partial charge in [-0.3, -0.25) is 72.2 Å². The van der Waals surface area contributed by atoms with Crippen LogP contribution in [-0.2, 0) is 76.0 Å². The molecule has 0 radical (unpaired) electrons. The van der Waals surface area contributed by atoms with Gasteiger partial charge in [0, 0.05) is 184 Å². The summed E-state index contributed by atoms with van der Waals surface area (Å²) in [6.45, 7) is 0. The van der Waals surface area contributed by atoms with E-state index in [1.54, 1.807) is 133 Å². The van der Waals surface area contributed by atoms with Crippen molar-refractivity contribution < 1.29 is 140 Å². The fourth-order valence-corrected chi connectivity index (χ4v) is 12.8. The number of carbonyl (C=O) groups is 7. The average molecular weight is 1910 g/mol. The second-order valence-corrected chi connectivity index (χ2v) is 31.2. The second-order valence-electron chi connectivity index (χ2n) is 31.2. The number of nitrogens with one attached hydrogen (secondary N) is 4. The number of aromatic nitrogens is 12. The van der Waals surface area contributed by atoms with Crippen LogP contribution in [0.25, 0.3) is 45.0 Å². The van der Waals surface area contributed by atoms with Gasteiger partial charge in [-0.15, -0.1) is 0 Å². The fourth-order valence-electron chi connectivity index (χ4n) is 12.8. The number of esters is 2. The third-order valence-electron chi connectivity index (χ3n) is 21.2. The molecular formula is C94H80F10LiN18O16-. The van der Waals surface area contributed by atoms with Gasteiger partial charge in [0.05, 0.1) is 84.5 Å². The van der Waals surface area contributed by atoms with Gasteiger partial charge < -0.3 is 76.5 Å². The molecule has 8 aromatic heterocycles. The van der Waals surface area contributed by atoms with Crippen LogP contribution in [0.3, 0.4) is 0 Å². The Kier molecular flexibility index (Phi) is 32.7. The number of nitrogens with two attached hydrogens (primary N) is 2. The van der Waals surface area contributed by atoms with Crippen LogP contribution in [0.2, 0.25) is 0 Å². The van der Waals surface area contributed by atoms with Gasteiger partial charge in [0.15, 0.2) is 69.1 Å². The Morgan fingerprint density at radius 2 is 0.669 bits per heavy atom. The molecule has 0 bridgehead atoms. The van der Waals surface area contributed by atoms with E-state index in [9.17, 15) is 82.3 Å². The van der Waals surface area contributed by atoms with Crippen LogP contribution in [-0.4, -0.2) is 132 Å². The van der Waals surface area contributed by atoms with Crippen LogP contribution >= 0.6 is 0 Å². The molecule has 4 aliphatic rings. The van der Waals surface area contributed by atoms with Gasteiger partial charge in [-0.2, -0.15) is 20.4 Å². The van der Waals surface area contributed by atoms with Crippen molar-refractivity contribution >= 4 is 81.9 Å². The van der Waals surface area contributed by atoms with Gasteiger partial charge in [0.25, 0.3) is 0 Å². The Hall–Kier alpha value is -16.6. The average Bonchev–Trinajstić information content (AvgIpc) is 1.58. The molecule has 4 aliphatic carbocycles. The number of carboxylic acids is 1. The number of aliphatic carboxylic acids is 1. The van der Waals surface area contributed by atoms with Crippen LogP contribution in [0.5, 0.6) is 46.0 Å². The van der Waals surface area contributed by atoms with Crippen molar-refractivity contribution in [3.63, 3.8) is 0 Å². The SMILES string of the molecule is COC(=O)C1(C(=O)Nc2cc(F)c(Oc3ccnc(-c4cnn(C)c4)c3)cc2F)CC1.COC(=O)C1(C(=O)O)CC1.Cn1cc(-c2cc(Oc3cc(F)c(N)cc3F)ccn2)cn1.Cn1cc(-c2cc(Oc3cc(F)c(NC(=O)C4(C(=O)Nc5ccc(F)cc5)CC4)cc3F)ccn2)cn1.Cn1cc(-c2cc(Oc3cc(F)c(NC(=O)C4([C-]=O)CC4)cc3F)ccn2)cn1.Nc1ccc(F)cc1.[Li+].[OH-]. The molecule has 6 aromatic carbocycles. The van der Waals surface area contributed by atoms with Crippen molar-refractivity contribution in [3.05, 3.63) is 278 Å². The topological polar surface area (TPSA) is 465 Å². The number of anilines is 6. The Bertz CT molecular complexity index is 6880. The number of hydrogen-bond donors (Lipinski definition) is 7. The molecule has 0 atom stereocenters. The van der Waals surface area contributed by atoms with Crippen LogP contribution in [0, 0.1) is 79.8 Å². The largest absolute Gasteiger partial charge is 1.00 e. The number of amides is 4. The quantitative estimate of drug-likeness (QED) is 0.00737. The van der Waals surface area contributed by atoms with E-state index in [1.807, 2.05) is 0 Å². The monoisotopic (exact) mass is 1910 g/mol. The molecule has 4 saturated carbocycles. The van der Waals surface area contributed by atoms with E-state index in [1.165, 1.54) is 106 Å². The number of carbonyl (C=O) groups excluding carboxylic acids is 7. The van der Waals surface area contributed by atoms with Gasteiger partial charge in [-0.05, 0) is 117 Å². The molecule has 4 amide bonds. The van der Waals surface area contributed by atoms with E-state index >= 15 is 0 Å². The molecule has 45 heteroatoms. The first-order valence-corrected chi connectivity index (χ1v) is 41.0. The van der Waals surface area contributed by atoms with E-state index in [-0.39, 0.29) is 102 Å². The summed E-state index contributed by atoms with van der Waals surface area (Å²) in [6, 6.07) is 29.8. The number of halogens is 10. The van der Waals surface area contributed by atoms with Crippen LogP contribution in [0.15, 0.2) is 220 Å². The number of aryl methyl sites for hydroxylation is 4. The predicted molar refractivity (Wildman–Crippen MR) is 474 cm³/mol. The summed E-state index contributed by atoms with van der Waals surface area (Å²) in [7, 11) is 9.44. The minimum atomic E-state index is -1.42. The maximum absolute atomic E-state index is 14.8. The molecule has 139 heavy (non-hydrogen) atoms. The molecule has 10 N–H and O–H groups in total.